The zero-order valence-corrected chi connectivity index (χ0v) is 41.1. The number of piperazine rings is 1. The molecule has 0 saturated carbocycles. The Morgan fingerprint density at radius 3 is 2.38 bits per heavy atom. The highest BCUT2D eigenvalue weighted by molar-refractivity contribution is 7.99. The number of piperidine rings is 1. The number of likely N-dealkylation sites (N-methyl/N-ethyl adjacent to an activating group) is 1. The number of ether oxygens (including phenoxy) is 8. The Labute approximate surface area is 406 Å². The van der Waals surface area contributed by atoms with Crippen molar-refractivity contribution in [2.24, 2.45) is 0 Å². The van der Waals surface area contributed by atoms with Crippen molar-refractivity contribution in [1.29, 1.82) is 5.26 Å². The predicted molar refractivity (Wildman–Crippen MR) is 254 cm³/mol. The summed E-state index contributed by atoms with van der Waals surface area (Å²) in [6.07, 6.45) is -0.494. The van der Waals surface area contributed by atoms with E-state index < -0.39 is 71.9 Å². The number of nitriles is 1. The third-order valence-electron chi connectivity index (χ3n) is 14.2. The number of ketones is 1. The van der Waals surface area contributed by atoms with Gasteiger partial charge in [-0.2, -0.15) is 17.0 Å². The van der Waals surface area contributed by atoms with Gasteiger partial charge in [0.15, 0.2) is 41.2 Å². The summed E-state index contributed by atoms with van der Waals surface area (Å²) in [6.45, 7) is 8.68. The van der Waals surface area contributed by atoms with E-state index in [9.17, 15) is 24.8 Å². The molecule has 69 heavy (non-hydrogen) atoms. The maximum Gasteiger partial charge on any atom is 0.408 e. The summed E-state index contributed by atoms with van der Waals surface area (Å²) in [5, 5.41) is 27.1. The molecule has 2 aliphatic carbocycles. The van der Waals surface area contributed by atoms with Crippen molar-refractivity contribution in [3.05, 3.63) is 105 Å². The van der Waals surface area contributed by atoms with Crippen molar-refractivity contribution < 1.29 is 57.4 Å². The maximum atomic E-state index is 14.7. The van der Waals surface area contributed by atoms with E-state index in [2.05, 4.69) is 40.6 Å². The molecule has 7 atom stereocenters. The Balaban J connectivity index is 1.07. The van der Waals surface area contributed by atoms with Gasteiger partial charge in [-0.25, -0.2) is 9.59 Å². The Kier molecular flexibility index (Phi) is 13.5. The summed E-state index contributed by atoms with van der Waals surface area (Å²) in [5.74, 6) is 0.805. The molecule has 4 aliphatic heterocycles. The number of carbonyl (C=O) groups excluding carboxylic acids is 3. The smallest absolute Gasteiger partial charge is 0.408 e. The molecule has 1 unspecified atom stereocenters. The number of nitrogens with one attached hydrogen (secondary N) is 1. The molecule has 3 saturated heterocycles. The first kappa shape index (κ1) is 48.4. The second-order valence-corrected chi connectivity index (χ2v) is 20.4. The SMILES string of the molecule is COCCOCOc1c(OC)c(C)cc2c1[C@@H]1[C@@H]3CC4(O)C(=O)C(C)=C5OCOC5=C4[C@H](COC(=O)[C@@H](CSCC4c5ccccc5-c5ccccc54)NC(=O)OC(C)(C)C)N3[C@@H](C#N)[C@@H](C2)N1C. The predicted octanol–water partition coefficient (Wildman–Crippen LogP) is 6.08. The number of fused-ring (bicyclic) bond motifs is 11. The highest BCUT2D eigenvalue weighted by atomic mass is 32.2. The molecule has 2 N–H and O–H groups in total. The molecule has 0 radical (unpaired) electrons. The van der Waals surface area contributed by atoms with Crippen LogP contribution in [0.5, 0.6) is 11.5 Å². The summed E-state index contributed by atoms with van der Waals surface area (Å²) in [7, 11) is 5.09. The van der Waals surface area contributed by atoms with Crippen molar-refractivity contribution >= 4 is 29.6 Å². The number of hydrogen-bond donors (Lipinski definition) is 2. The molecular weight excluding hydrogens is 905 g/mol. The monoisotopic (exact) mass is 964 g/mol. The largest absolute Gasteiger partial charge is 0.493 e. The number of aryl methyl sites for hydroxylation is 1. The molecule has 0 aromatic heterocycles. The first-order chi connectivity index (χ1) is 33.1. The molecule has 6 aliphatic rings. The highest BCUT2D eigenvalue weighted by Crippen LogP contribution is 2.57. The van der Waals surface area contributed by atoms with Gasteiger partial charge in [-0.1, -0.05) is 54.6 Å². The highest BCUT2D eigenvalue weighted by Gasteiger charge is 2.64. The zero-order valence-electron chi connectivity index (χ0n) is 40.3. The van der Waals surface area contributed by atoms with Crippen molar-refractivity contribution in [1.82, 2.24) is 15.1 Å². The number of Topliss-reactive ketones (excluding diaryl/α,β-unsaturated/α-hetero) is 1. The maximum absolute atomic E-state index is 14.7. The first-order valence-corrected chi connectivity index (χ1v) is 24.5. The molecule has 17 heteroatoms. The van der Waals surface area contributed by atoms with Crippen LogP contribution in [0.25, 0.3) is 11.1 Å². The molecule has 366 valence electrons. The van der Waals surface area contributed by atoms with E-state index in [1.54, 1.807) is 41.9 Å². The van der Waals surface area contributed by atoms with E-state index in [1.165, 1.54) is 34.0 Å². The Hall–Kier alpha value is -5.61. The second kappa shape index (κ2) is 19.3. The van der Waals surface area contributed by atoms with Crippen LogP contribution in [0.1, 0.15) is 73.9 Å². The number of hydrogen-bond acceptors (Lipinski definition) is 16. The second-order valence-electron chi connectivity index (χ2n) is 19.4. The number of alkyl carbamates (subject to hydrolysis) is 1. The zero-order chi connectivity index (χ0) is 48.9. The number of carbonyl (C=O) groups is 3. The summed E-state index contributed by atoms with van der Waals surface area (Å²) >= 11 is 1.50. The normalized spacial score (nSPS) is 25.2. The minimum Gasteiger partial charge on any atom is -0.493 e. The molecule has 9 rings (SSSR count). The number of benzene rings is 3. The van der Waals surface area contributed by atoms with Crippen LogP contribution in [0.4, 0.5) is 4.79 Å². The lowest BCUT2D eigenvalue weighted by atomic mass is 9.65. The van der Waals surface area contributed by atoms with Crippen LogP contribution < -0.4 is 14.8 Å². The minimum atomic E-state index is -2.16. The number of rotatable bonds is 15. The standard InChI is InChI=1S/C52H60N4O12S/c1-28-19-30-20-37-39(22-53)56-38(43(55(37)6)41(30)46(44(28)62-8)65-26-63-18-17-61-7)21-52(60)42(47-45(66-27-67-47)29(2)48(52)57)40(56)23-64-49(58)36(54-50(59)68-51(3,4)5)25-69-24-35-33-15-11-9-13-31(33)32-14-10-12-16-34(32)35/h9-16,19,35-40,43,60H,17-18,20-21,23-27H2,1-8H3,(H,54,59)/t36-,37-,38+,39+,40+,43+,52?/m1/s1. The van der Waals surface area contributed by atoms with Crippen LogP contribution in [-0.4, -0.2) is 140 Å². The number of esters is 1. The summed E-state index contributed by atoms with van der Waals surface area (Å²) in [5.41, 5.74) is 4.61. The van der Waals surface area contributed by atoms with Gasteiger partial charge in [0.25, 0.3) is 0 Å². The van der Waals surface area contributed by atoms with Crippen LogP contribution in [-0.2, 0) is 44.4 Å². The van der Waals surface area contributed by atoms with Gasteiger partial charge in [-0.05, 0) is 81.5 Å². The van der Waals surface area contributed by atoms with E-state index in [1.807, 2.05) is 49.2 Å². The van der Waals surface area contributed by atoms with E-state index >= 15 is 0 Å². The van der Waals surface area contributed by atoms with Crippen molar-refractivity contribution in [3.8, 4) is 28.7 Å². The molecular formula is C52H60N4O12S. The summed E-state index contributed by atoms with van der Waals surface area (Å²) < 4.78 is 47.2. The molecule has 3 aromatic carbocycles. The molecule has 16 nitrogen and oxygen atoms in total. The van der Waals surface area contributed by atoms with E-state index in [-0.39, 0.29) is 54.3 Å². The molecule has 3 aromatic rings. The van der Waals surface area contributed by atoms with Crippen LogP contribution in [0.3, 0.4) is 0 Å². The minimum absolute atomic E-state index is 0.0526. The van der Waals surface area contributed by atoms with Crippen LogP contribution in [0.2, 0.25) is 0 Å². The van der Waals surface area contributed by atoms with E-state index in [0.717, 1.165) is 16.7 Å². The molecule has 1 amide bonds. The van der Waals surface area contributed by atoms with Crippen LogP contribution >= 0.6 is 11.8 Å². The van der Waals surface area contributed by atoms with Crippen molar-refractivity contribution in [3.63, 3.8) is 0 Å². The van der Waals surface area contributed by atoms with Gasteiger partial charge in [-0.3, -0.25) is 14.6 Å². The Morgan fingerprint density at radius 2 is 1.71 bits per heavy atom. The van der Waals surface area contributed by atoms with Crippen LogP contribution in [0.15, 0.2) is 77.3 Å². The number of aliphatic hydroxyl groups is 1. The lowest BCUT2D eigenvalue weighted by Gasteiger charge is -2.62. The molecule has 2 bridgehead atoms. The lowest BCUT2D eigenvalue weighted by molar-refractivity contribution is -0.159. The van der Waals surface area contributed by atoms with Gasteiger partial charge in [-0.15, -0.1) is 0 Å². The number of nitrogens with zero attached hydrogens (tertiary/aromatic N) is 3. The van der Waals surface area contributed by atoms with Gasteiger partial charge in [0.05, 0.1) is 38.5 Å². The third kappa shape index (κ3) is 8.63. The van der Waals surface area contributed by atoms with E-state index in [0.29, 0.717) is 36.9 Å². The Bertz CT molecular complexity index is 2590. The summed E-state index contributed by atoms with van der Waals surface area (Å²) in [4.78, 5) is 46.9. The summed E-state index contributed by atoms with van der Waals surface area (Å²) in [6, 6.07) is 16.5. The fourth-order valence-corrected chi connectivity index (χ4v) is 12.5. The van der Waals surface area contributed by atoms with E-state index in [4.69, 9.17) is 37.9 Å². The quantitative estimate of drug-likeness (QED) is 0.101. The number of methoxy groups -OCH3 is 2. The molecule has 4 heterocycles. The Morgan fingerprint density at radius 1 is 1.01 bits per heavy atom. The average molecular weight is 965 g/mol. The number of thioether (sulfide) groups is 1. The van der Waals surface area contributed by atoms with Gasteiger partial charge in [0, 0.05) is 59.7 Å². The number of amides is 1. The van der Waals surface area contributed by atoms with Crippen molar-refractivity contribution in [2.75, 3.05) is 66.2 Å². The average Bonchev–Trinajstić information content (AvgIpc) is 3.92. The molecule has 0 spiro atoms. The topological polar surface area (TPSA) is 188 Å². The van der Waals surface area contributed by atoms with Gasteiger partial charge >= 0.3 is 12.1 Å². The van der Waals surface area contributed by atoms with Crippen molar-refractivity contribution in [2.45, 2.75) is 101 Å². The fraction of sp³-hybridized carbons (Fsp3) is 0.500. The third-order valence-corrected chi connectivity index (χ3v) is 15.3. The first-order valence-electron chi connectivity index (χ1n) is 23.3. The van der Waals surface area contributed by atoms with Gasteiger partial charge in [0.1, 0.15) is 24.3 Å². The van der Waals surface area contributed by atoms with Crippen LogP contribution in [0, 0.1) is 18.3 Å². The fourth-order valence-electron chi connectivity index (χ4n) is 11.3. The van der Waals surface area contributed by atoms with Gasteiger partial charge < -0.3 is 48.3 Å². The van der Waals surface area contributed by atoms with Gasteiger partial charge in [0.2, 0.25) is 6.79 Å². The lowest BCUT2D eigenvalue weighted by Crippen LogP contribution is -2.74. The molecule has 3 fully saturated rings.